The summed E-state index contributed by atoms with van der Waals surface area (Å²) in [5.74, 6) is -1.41. The van der Waals surface area contributed by atoms with Crippen molar-refractivity contribution in [1.82, 2.24) is 15.5 Å². The van der Waals surface area contributed by atoms with Gasteiger partial charge in [-0.15, -0.1) is 0 Å². The molecule has 0 radical (unpaired) electrons. The summed E-state index contributed by atoms with van der Waals surface area (Å²) in [5, 5.41) is 5.54. The number of alkyl carbamates (subject to hydrolysis) is 1. The number of nitrogens with two attached hydrogens (primary N) is 1. The lowest BCUT2D eigenvalue weighted by Crippen LogP contribution is -2.56. The van der Waals surface area contributed by atoms with E-state index < -0.39 is 35.6 Å². The van der Waals surface area contributed by atoms with Crippen molar-refractivity contribution < 1.29 is 23.9 Å². The fraction of sp³-hybridized carbons (Fsp3) is 0.630. The minimum atomic E-state index is -1.11. The number of nitrogens with zero attached hydrogens (tertiary/aromatic N) is 1. The van der Waals surface area contributed by atoms with Crippen LogP contribution in [0.5, 0.6) is 0 Å². The molecule has 0 aliphatic rings. The van der Waals surface area contributed by atoms with Gasteiger partial charge in [0.1, 0.15) is 17.7 Å². The molecular weight excluding hydrogens is 460 g/mol. The van der Waals surface area contributed by atoms with Crippen LogP contribution in [0.25, 0.3) is 0 Å². The molecule has 3 unspecified atom stereocenters. The summed E-state index contributed by atoms with van der Waals surface area (Å²) in [6, 6.07) is 3.23. The highest BCUT2D eigenvalue weighted by Gasteiger charge is 2.38. The Morgan fingerprint density at radius 3 is 2.00 bits per heavy atom. The third kappa shape index (κ3) is 9.87. The van der Waals surface area contributed by atoms with Gasteiger partial charge in [-0.1, -0.05) is 36.2 Å². The topological polar surface area (TPSA) is 131 Å². The zero-order chi connectivity index (χ0) is 27.8. The number of nitrogens with one attached hydrogen (secondary N) is 2. The second kappa shape index (κ2) is 13.3. The number of carbonyl (C=O) groups is 4. The Bertz CT molecular complexity index is 918. The number of hydrogen-bond donors (Lipinski definition) is 3. The van der Waals surface area contributed by atoms with Gasteiger partial charge < -0.3 is 26.0 Å². The molecule has 0 aromatic heterocycles. The number of rotatable bonds is 11. The van der Waals surface area contributed by atoms with Crippen LogP contribution in [0.4, 0.5) is 4.79 Å². The fourth-order valence-corrected chi connectivity index (χ4v) is 3.94. The molecule has 1 aromatic rings. The van der Waals surface area contributed by atoms with E-state index in [1.807, 2.05) is 59.7 Å². The molecule has 9 heteroatoms. The molecule has 4 N–H and O–H groups in total. The van der Waals surface area contributed by atoms with Crippen LogP contribution in [0.3, 0.4) is 0 Å². The van der Waals surface area contributed by atoms with Crippen molar-refractivity contribution in [2.75, 3.05) is 0 Å². The monoisotopic (exact) mass is 504 g/mol. The molecule has 0 saturated carbocycles. The molecule has 3 atom stereocenters. The summed E-state index contributed by atoms with van der Waals surface area (Å²) in [5.41, 5.74) is 7.16. The van der Waals surface area contributed by atoms with E-state index in [4.69, 9.17) is 10.5 Å². The first kappa shape index (κ1) is 30.9. The molecular formula is C27H44N4O5. The predicted octanol–water partition coefficient (Wildman–Crippen LogP) is 3.66. The Morgan fingerprint density at radius 2 is 1.56 bits per heavy atom. The van der Waals surface area contributed by atoms with Crippen molar-refractivity contribution in [3.63, 3.8) is 0 Å². The highest BCUT2D eigenvalue weighted by atomic mass is 16.6. The average Bonchev–Trinajstić information content (AvgIpc) is 2.70. The Morgan fingerprint density at radius 1 is 1.00 bits per heavy atom. The molecule has 0 aliphatic carbocycles. The molecule has 0 aliphatic heterocycles. The van der Waals surface area contributed by atoms with Gasteiger partial charge in [-0.05, 0) is 73.8 Å². The van der Waals surface area contributed by atoms with Gasteiger partial charge in [0.2, 0.25) is 17.7 Å². The fourth-order valence-electron chi connectivity index (χ4n) is 3.94. The first-order chi connectivity index (χ1) is 16.5. The van der Waals surface area contributed by atoms with E-state index in [0.717, 1.165) is 11.1 Å². The molecule has 1 aromatic carbocycles. The number of hydrogen-bond acceptors (Lipinski definition) is 5. The second-order valence-corrected chi connectivity index (χ2v) is 10.7. The lowest BCUT2D eigenvalue weighted by molar-refractivity contribution is -0.145. The maximum absolute atomic E-state index is 14.1. The Hall–Kier alpha value is -3.10. The van der Waals surface area contributed by atoms with E-state index >= 15 is 0 Å². The van der Waals surface area contributed by atoms with Crippen LogP contribution in [0.1, 0.15) is 90.5 Å². The van der Waals surface area contributed by atoms with Gasteiger partial charge in [-0.3, -0.25) is 14.4 Å². The van der Waals surface area contributed by atoms with E-state index in [1.54, 1.807) is 20.8 Å². The van der Waals surface area contributed by atoms with Crippen molar-refractivity contribution in [3.8, 4) is 0 Å². The van der Waals surface area contributed by atoms with Crippen LogP contribution in [-0.2, 0) is 19.1 Å². The van der Waals surface area contributed by atoms with Gasteiger partial charge in [0.15, 0.2) is 0 Å². The summed E-state index contributed by atoms with van der Waals surface area (Å²) >= 11 is 0. The van der Waals surface area contributed by atoms with Crippen molar-refractivity contribution in [1.29, 1.82) is 0 Å². The molecule has 0 heterocycles. The normalized spacial score (nSPS) is 13.9. The minimum absolute atomic E-state index is 0.0221. The van der Waals surface area contributed by atoms with E-state index in [9.17, 15) is 19.2 Å². The molecule has 0 spiro atoms. The smallest absolute Gasteiger partial charge is 0.408 e. The molecule has 1 rings (SSSR count). The van der Waals surface area contributed by atoms with E-state index in [1.165, 1.54) is 4.90 Å². The predicted molar refractivity (Wildman–Crippen MR) is 140 cm³/mol. The highest BCUT2D eigenvalue weighted by molar-refractivity contribution is 5.92. The van der Waals surface area contributed by atoms with Crippen molar-refractivity contribution in [3.05, 3.63) is 34.9 Å². The van der Waals surface area contributed by atoms with Crippen molar-refractivity contribution in [2.24, 2.45) is 5.73 Å². The van der Waals surface area contributed by atoms with Gasteiger partial charge >= 0.3 is 6.09 Å². The third-order valence-corrected chi connectivity index (χ3v) is 5.51. The van der Waals surface area contributed by atoms with Crippen LogP contribution >= 0.6 is 0 Å². The van der Waals surface area contributed by atoms with E-state index in [2.05, 4.69) is 10.6 Å². The average molecular weight is 505 g/mol. The maximum Gasteiger partial charge on any atom is 0.408 e. The summed E-state index contributed by atoms with van der Waals surface area (Å²) in [7, 11) is 0. The van der Waals surface area contributed by atoms with Gasteiger partial charge in [-0.25, -0.2) is 4.79 Å². The minimum Gasteiger partial charge on any atom is -0.444 e. The van der Waals surface area contributed by atoms with E-state index in [0.29, 0.717) is 12.0 Å². The molecule has 0 fully saturated rings. The van der Waals surface area contributed by atoms with Crippen molar-refractivity contribution in [2.45, 2.75) is 111 Å². The van der Waals surface area contributed by atoms with Gasteiger partial charge in [-0.2, -0.15) is 0 Å². The molecule has 0 saturated heterocycles. The van der Waals surface area contributed by atoms with Crippen LogP contribution < -0.4 is 16.4 Å². The molecule has 36 heavy (non-hydrogen) atoms. The summed E-state index contributed by atoms with van der Waals surface area (Å²) < 4.78 is 5.35. The first-order valence-corrected chi connectivity index (χ1v) is 12.5. The number of amides is 4. The number of carbonyl (C=O) groups excluding carboxylic acids is 4. The maximum atomic E-state index is 14.1. The quantitative estimate of drug-likeness (QED) is 0.423. The van der Waals surface area contributed by atoms with Gasteiger partial charge in [0.05, 0.1) is 0 Å². The lowest BCUT2D eigenvalue weighted by atomic mass is 9.96. The van der Waals surface area contributed by atoms with Crippen LogP contribution in [0.15, 0.2) is 18.2 Å². The summed E-state index contributed by atoms with van der Waals surface area (Å²) in [6.45, 7) is 16.5. The lowest BCUT2D eigenvalue weighted by Gasteiger charge is -2.38. The van der Waals surface area contributed by atoms with E-state index in [-0.39, 0.29) is 30.8 Å². The number of benzene rings is 1. The largest absolute Gasteiger partial charge is 0.444 e. The Labute approximate surface area is 215 Å². The molecule has 9 nitrogen and oxygen atoms in total. The van der Waals surface area contributed by atoms with Gasteiger partial charge in [0, 0.05) is 18.5 Å². The van der Waals surface area contributed by atoms with Crippen molar-refractivity contribution >= 4 is 23.8 Å². The van der Waals surface area contributed by atoms with Crippen LogP contribution in [-0.4, -0.2) is 52.4 Å². The number of ether oxygens (including phenoxy) is 1. The van der Waals surface area contributed by atoms with Gasteiger partial charge in [0.25, 0.3) is 0 Å². The second-order valence-electron chi connectivity index (χ2n) is 10.7. The molecule has 4 amide bonds. The third-order valence-electron chi connectivity index (χ3n) is 5.51. The number of aryl methyl sites for hydroxylation is 2. The standard InChI is InChI=1S/C27H44N4O5/c1-10-19(6)31(23(24(33)29-16(2)3)20-14-17(4)13-18(5)15-20)25(34)21(11-12-22(28)32)30-26(35)36-27(7,8)9/h13-16,19,21,23H,10-12H2,1-9H3,(H2,28,32)(H,29,33)(H,30,35). The number of primary amides is 1. The first-order valence-electron chi connectivity index (χ1n) is 12.5. The zero-order valence-corrected chi connectivity index (χ0v) is 23.2. The molecule has 0 bridgehead atoms. The zero-order valence-electron chi connectivity index (χ0n) is 23.2. The summed E-state index contributed by atoms with van der Waals surface area (Å²) in [6.07, 6.45) is -0.362. The SMILES string of the molecule is CCC(C)N(C(=O)C(CCC(N)=O)NC(=O)OC(C)(C)C)C(C(=O)NC(C)C)c1cc(C)cc(C)c1. The summed E-state index contributed by atoms with van der Waals surface area (Å²) in [4.78, 5) is 53.3. The highest BCUT2D eigenvalue weighted by Crippen LogP contribution is 2.28. The van der Waals surface area contributed by atoms with Crippen LogP contribution in [0, 0.1) is 13.8 Å². The van der Waals surface area contributed by atoms with Crippen LogP contribution in [0.2, 0.25) is 0 Å². The molecule has 202 valence electrons. The Kier molecular flexibility index (Phi) is 11.4. The Balaban J connectivity index is 3.59.